The zero-order valence-electron chi connectivity index (χ0n) is 11.3. The van der Waals surface area contributed by atoms with E-state index in [1.54, 1.807) is 4.90 Å². The molecule has 2 heterocycles. The molecule has 0 N–H and O–H groups in total. The number of imide groups is 1. The van der Waals surface area contributed by atoms with Gasteiger partial charge in [-0.25, -0.2) is 4.79 Å². The third kappa shape index (κ3) is 2.67. The highest BCUT2D eigenvalue weighted by Crippen LogP contribution is 2.42. The minimum Gasteiger partial charge on any atom is -0.449 e. The number of amides is 3. The Bertz CT molecular complexity index is 420. The van der Waals surface area contributed by atoms with Gasteiger partial charge in [0, 0.05) is 24.8 Å². The first kappa shape index (κ1) is 15.2. The van der Waals surface area contributed by atoms with Crippen LogP contribution < -0.4 is 0 Å². The maximum Gasteiger partial charge on any atom is 0.409 e. The Morgan fingerprint density at radius 1 is 1.35 bits per heavy atom. The van der Waals surface area contributed by atoms with Gasteiger partial charge in [-0.05, 0) is 12.8 Å². The smallest absolute Gasteiger partial charge is 0.409 e. The predicted octanol–water partition coefficient (Wildman–Crippen LogP) is 0.920. The van der Waals surface area contributed by atoms with Crippen molar-refractivity contribution in [1.29, 1.82) is 0 Å². The first-order valence-corrected chi connectivity index (χ1v) is 7.55. The van der Waals surface area contributed by atoms with E-state index in [2.05, 4.69) is 15.9 Å². The summed E-state index contributed by atoms with van der Waals surface area (Å²) >= 11 is 3.18. The summed E-state index contributed by atoms with van der Waals surface area (Å²) in [4.78, 5) is 42.0. The minimum absolute atomic E-state index is 0.157. The van der Waals surface area contributed by atoms with Crippen LogP contribution in [-0.2, 0) is 19.2 Å². The summed E-state index contributed by atoms with van der Waals surface area (Å²) in [7, 11) is 1.31. The standard InChI is InChI=1S/C12H17BrN2O5/c1-19-15-9(16)8-12(10(15)17)2-5-14(6-3-12)11(18)20-7-4-13/h2-8H2,1H3. The third-order valence-electron chi connectivity index (χ3n) is 3.82. The van der Waals surface area contributed by atoms with Crippen molar-refractivity contribution in [2.75, 3.05) is 32.1 Å². The summed E-state index contributed by atoms with van der Waals surface area (Å²) in [5.41, 5.74) is -0.709. The lowest BCUT2D eigenvalue weighted by Crippen LogP contribution is -2.46. The molecule has 20 heavy (non-hydrogen) atoms. The van der Waals surface area contributed by atoms with Crippen molar-refractivity contribution >= 4 is 33.8 Å². The predicted molar refractivity (Wildman–Crippen MR) is 71.9 cm³/mol. The molecule has 0 unspecified atom stereocenters. The molecule has 2 fully saturated rings. The molecular weight excluding hydrogens is 332 g/mol. The molecule has 0 aliphatic carbocycles. The van der Waals surface area contributed by atoms with E-state index in [1.807, 2.05) is 0 Å². The van der Waals surface area contributed by atoms with E-state index < -0.39 is 5.41 Å². The number of hydroxylamine groups is 2. The van der Waals surface area contributed by atoms with Crippen molar-refractivity contribution in [3.8, 4) is 0 Å². The summed E-state index contributed by atoms with van der Waals surface area (Å²) in [6.45, 7) is 1.14. The molecule has 2 aliphatic rings. The van der Waals surface area contributed by atoms with E-state index in [0.717, 1.165) is 5.06 Å². The van der Waals surface area contributed by atoms with E-state index in [-0.39, 0.29) is 24.3 Å². The maximum atomic E-state index is 12.2. The van der Waals surface area contributed by atoms with Crippen LogP contribution in [0.3, 0.4) is 0 Å². The molecule has 3 amide bonds. The topological polar surface area (TPSA) is 76.2 Å². The van der Waals surface area contributed by atoms with Crippen LogP contribution in [0.25, 0.3) is 0 Å². The van der Waals surface area contributed by atoms with Crippen LogP contribution in [-0.4, -0.2) is 60.0 Å². The minimum atomic E-state index is -0.709. The van der Waals surface area contributed by atoms with Crippen LogP contribution in [0.1, 0.15) is 19.3 Å². The van der Waals surface area contributed by atoms with Gasteiger partial charge in [0.25, 0.3) is 11.8 Å². The average molecular weight is 349 g/mol. The monoisotopic (exact) mass is 348 g/mol. The van der Waals surface area contributed by atoms with Crippen LogP contribution in [0.5, 0.6) is 0 Å². The van der Waals surface area contributed by atoms with Crippen molar-refractivity contribution in [2.45, 2.75) is 19.3 Å². The fourth-order valence-corrected chi connectivity index (χ4v) is 2.84. The van der Waals surface area contributed by atoms with Crippen molar-refractivity contribution < 1.29 is 24.0 Å². The Kier molecular flexibility index (Phi) is 4.64. The number of carbonyl (C=O) groups excluding carboxylic acids is 3. The highest BCUT2D eigenvalue weighted by molar-refractivity contribution is 9.09. The van der Waals surface area contributed by atoms with Gasteiger partial charge in [-0.1, -0.05) is 15.9 Å². The number of hydrogen-bond donors (Lipinski definition) is 0. The third-order valence-corrected chi connectivity index (χ3v) is 4.14. The first-order valence-electron chi connectivity index (χ1n) is 6.43. The van der Waals surface area contributed by atoms with E-state index >= 15 is 0 Å². The van der Waals surface area contributed by atoms with Crippen LogP contribution in [0, 0.1) is 5.41 Å². The lowest BCUT2D eigenvalue weighted by molar-refractivity contribution is -0.183. The Morgan fingerprint density at radius 3 is 2.50 bits per heavy atom. The lowest BCUT2D eigenvalue weighted by Gasteiger charge is -2.36. The highest BCUT2D eigenvalue weighted by Gasteiger charge is 2.53. The molecule has 0 bridgehead atoms. The molecule has 7 nitrogen and oxygen atoms in total. The average Bonchev–Trinajstić information content (AvgIpc) is 2.68. The van der Waals surface area contributed by atoms with Crippen LogP contribution in [0.2, 0.25) is 0 Å². The number of ether oxygens (including phenoxy) is 1. The Morgan fingerprint density at radius 2 is 2.00 bits per heavy atom. The van der Waals surface area contributed by atoms with Crippen LogP contribution in [0.4, 0.5) is 4.79 Å². The van der Waals surface area contributed by atoms with Gasteiger partial charge in [-0.15, -0.1) is 0 Å². The molecule has 2 rings (SSSR count). The second-order valence-electron chi connectivity index (χ2n) is 4.92. The van der Waals surface area contributed by atoms with E-state index in [4.69, 9.17) is 9.57 Å². The van der Waals surface area contributed by atoms with Crippen LogP contribution in [0.15, 0.2) is 0 Å². The summed E-state index contributed by atoms with van der Waals surface area (Å²) in [5.74, 6) is -0.605. The van der Waals surface area contributed by atoms with Gasteiger partial charge < -0.3 is 9.64 Å². The lowest BCUT2D eigenvalue weighted by atomic mass is 9.77. The molecule has 8 heteroatoms. The fourth-order valence-electron chi connectivity index (χ4n) is 2.68. The van der Waals surface area contributed by atoms with Crippen LogP contribution >= 0.6 is 15.9 Å². The van der Waals surface area contributed by atoms with Crippen molar-refractivity contribution in [3.63, 3.8) is 0 Å². The normalized spacial score (nSPS) is 21.7. The van der Waals surface area contributed by atoms with E-state index in [0.29, 0.717) is 37.9 Å². The SMILES string of the molecule is CON1C(=O)CC2(CCN(C(=O)OCCBr)CC2)C1=O. The van der Waals surface area contributed by atoms with Gasteiger partial charge in [0.05, 0.1) is 12.5 Å². The first-order chi connectivity index (χ1) is 9.54. The molecule has 0 aromatic carbocycles. The Hall–Kier alpha value is -1.15. The zero-order chi connectivity index (χ0) is 14.8. The summed E-state index contributed by atoms with van der Waals surface area (Å²) < 4.78 is 5.03. The maximum absolute atomic E-state index is 12.2. The van der Waals surface area contributed by atoms with Crippen molar-refractivity contribution in [2.24, 2.45) is 5.41 Å². The summed E-state index contributed by atoms with van der Waals surface area (Å²) in [6, 6.07) is 0. The quantitative estimate of drug-likeness (QED) is 0.560. The summed E-state index contributed by atoms with van der Waals surface area (Å²) in [6.07, 6.45) is 0.700. The number of likely N-dealkylation sites (tertiary alicyclic amines) is 1. The molecule has 112 valence electrons. The second kappa shape index (κ2) is 6.09. The molecule has 0 saturated carbocycles. The molecule has 2 aliphatic heterocycles. The highest BCUT2D eigenvalue weighted by atomic mass is 79.9. The summed E-state index contributed by atoms with van der Waals surface area (Å²) in [5, 5.41) is 1.42. The largest absolute Gasteiger partial charge is 0.449 e. The Labute approximate surface area is 125 Å². The van der Waals surface area contributed by atoms with E-state index in [1.165, 1.54) is 7.11 Å². The molecule has 0 radical (unpaired) electrons. The van der Waals surface area contributed by atoms with Gasteiger partial charge in [0.15, 0.2) is 0 Å². The van der Waals surface area contributed by atoms with Crippen molar-refractivity contribution in [1.82, 2.24) is 9.96 Å². The Balaban J connectivity index is 1.96. The van der Waals surface area contributed by atoms with E-state index in [9.17, 15) is 14.4 Å². The van der Waals surface area contributed by atoms with Gasteiger partial charge in [-0.2, -0.15) is 5.06 Å². The zero-order valence-corrected chi connectivity index (χ0v) is 12.8. The number of nitrogens with zero attached hydrogens (tertiary/aromatic N) is 2. The molecule has 0 aromatic rings. The second-order valence-corrected chi connectivity index (χ2v) is 5.72. The number of halogens is 1. The van der Waals surface area contributed by atoms with Crippen molar-refractivity contribution in [3.05, 3.63) is 0 Å². The molecule has 1 spiro atoms. The molecule has 2 saturated heterocycles. The number of hydrogen-bond acceptors (Lipinski definition) is 5. The number of rotatable bonds is 3. The molecular formula is C12H17BrN2O5. The number of alkyl halides is 1. The number of piperidine rings is 1. The van der Waals surface area contributed by atoms with Gasteiger partial charge >= 0.3 is 6.09 Å². The molecule has 0 aromatic heterocycles. The van der Waals surface area contributed by atoms with Gasteiger partial charge in [0.1, 0.15) is 6.61 Å². The number of carbonyl (C=O) groups is 3. The van der Waals surface area contributed by atoms with Gasteiger partial charge in [0.2, 0.25) is 0 Å². The molecule has 0 atom stereocenters. The van der Waals surface area contributed by atoms with Gasteiger partial charge in [-0.3, -0.25) is 14.4 Å². The fraction of sp³-hybridized carbons (Fsp3) is 0.750.